The molecule has 2 N–H and O–H groups in total. The van der Waals surface area contributed by atoms with E-state index in [1.165, 1.54) is 24.8 Å². The first-order chi connectivity index (χ1) is 11.2. The molecule has 2 fully saturated rings. The SMILES string of the molecule is OC1C[C@H]2CCC[C@@H](C1)N2Cc1cn[nH]c1-c1ccc(Cl)cc1. The van der Waals surface area contributed by atoms with Crippen LogP contribution in [0.25, 0.3) is 11.3 Å². The molecule has 0 spiro atoms. The molecule has 1 aromatic carbocycles. The van der Waals surface area contributed by atoms with Crippen LogP contribution in [0.2, 0.25) is 5.02 Å². The van der Waals surface area contributed by atoms with E-state index >= 15 is 0 Å². The van der Waals surface area contributed by atoms with E-state index in [0.29, 0.717) is 12.1 Å². The molecule has 4 nitrogen and oxygen atoms in total. The Morgan fingerprint density at radius 1 is 1.17 bits per heavy atom. The summed E-state index contributed by atoms with van der Waals surface area (Å²) in [7, 11) is 0. The molecule has 122 valence electrons. The number of aliphatic hydroxyl groups excluding tert-OH is 1. The van der Waals surface area contributed by atoms with Crippen molar-refractivity contribution in [2.75, 3.05) is 0 Å². The fourth-order valence-electron chi connectivity index (χ4n) is 4.20. The van der Waals surface area contributed by atoms with Crippen molar-refractivity contribution in [3.63, 3.8) is 0 Å². The molecule has 2 bridgehead atoms. The van der Waals surface area contributed by atoms with Crippen LogP contribution in [0.5, 0.6) is 0 Å². The number of piperidine rings is 2. The average molecular weight is 332 g/mol. The smallest absolute Gasteiger partial charge is 0.0695 e. The van der Waals surface area contributed by atoms with Crippen molar-refractivity contribution in [3.8, 4) is 11.3 Å². The molecule has 3 atom stereocenters. The predicted octanol–water partition coefficient (Wildman–Crippen LogP) is 3.61. The third kappa shape index (κ3) is 3.03. The highest BCUT2D eigenvalue weighted by molar-refractivity contribution is 6.30. The number of aliphatic hydroxyl groups is 1. The molecule has 1 unspecified atom stereocenters. The van der Waals surface area contributed by atoms with Crippen LogP contribution in [-0.2, 0) is 6.54 Å². The minimum Gasteiger partial charge on any atom is -0.393 e. The summed E-state index contributed by atoms with van der Waals surface area (Å²) in [6.45, 7) is 0.899. The van der Waals surface area contributed by atoms with E-state index in [-0.39, 0.29) is 6.10 Å². The Morgan fingerprint density at radius 2 is 1.87 bits per heavy atom. The molecule has 2 aliphatic rings. The fourth-order valence-corrected chi connectivity index (χ4v) is 4.33. The Balaban J connectivity index is 1.58. The fraction of sp³-hybridized carbons (Fsp3) is 0.500. The minimum atomic E-state index is -0.123. The number of hydrogen-bond acceptors (Lipinski definition) is 3. The zero-order valence-electron chi connectivity index (χ0n) is 13.1. The predicted molar refractivity (Wildman–Crippen MR) is 91.2 cm³/mol. The number of nitrogens with one attached hydrogen (secondary N) is 1. The average Bonchev–Trinajstić information content (AvgIpc) is 2.97. The summed E-state index contributed by atoms with van der Waals surface area (Å²) in [5.74, 6) is 0. The molecule has 2 aromatic rings. The highest BCUT2D eigenvalue weighted by Gasteiger charge is 2.37. The van der Waals surface area contributed by atoms with Crippen molar-refractivity contribution in [2.24, 2.45) is 0 Å². The monoisotopic (exact) mass is 331 g/mol. The lowest BCUT2D eigenvalue weighted by Gasteiger charge is -2.47. The highest BCUT2D eigenvalue weighted by Crippen LogP contribution is 2.36. The second-order valence-corrected chi connectivity index (χ2v) is 7.25. The molecule has 23 heavy (non-hydrogen) atoms. The third-order valence-electron chi connectivity index (χ3n) is 5.30. The Bertz CT molecular complexity index is 655. The van der Waals surface area contributed by atoms with Gasteiger partial charge in [-0.25, -0.2) is 0 Å². The van der Waals surface area contributed by atoms with Crippen LogP contribution in [0.1, 0.15) is 37.7 Å². The summed E-state index contributed by atoms with van der Waals surface area (Å²) >= 11 is 5.99. The van der Waals surface area contributed by atoms with Crippen LogP contribution in [0, 0.1) is 0 Å². The molecule has 2 saturated heterocycles. The van der Waals surface area contributed by atoms with E-state index in [0.717, 1.165) is 35.7 Å². The van der Waals surface area contributed by atoms with E-state index in [4.69, 9.17) is 11.6 Å². The van der Waals surface area contributed by atoms with Crippen molar-refractivity contribution in [3.05, 3.63) is 41.0 Å². The Morgan fingerprint density at radius 3 is 2.57 bits per heavy atom. The number of fused-ring (bicyclic) bond motifs is 2. The first kappa shape index (κ1) is 15.2. The van der Waals surface area contributed by atoms with Crippen LogP contribution in [0.15, 0.2) is 30.5 Å². The highest BCUT2D eigenvalue weighted by atomic mass is 35.5. The zero-order valence-corrected chi connectivity index (χ0v) is 13.8. The maximum Gasteiger partial charge on any atom is 0.0695 e. The van der Waals surface area contributed by atoms with Crippen molar-refractivity contribution in [1.29, 1.82) is 0 Å². The topological polar surface area (TPSA) is 52.1 Å². The van der Waals surface area contributed by atoms with E-state index < -0.39 is 0 Å². The van der Waals surface area contributed by atoms with Crippen LogP contribution in [-0.4, -0.2) is 38.4 Å². The van der Waals surface area contributed by atoms with E-state index in [1.807, 2.05) is 30.5 Å². The van der Waals surface area contributed by atoms with Crippen molar-refractivity contribution in [1.82, 2.24) is 15.1 Å². The summed E-state index contributed by atoms with van der Waals surface area (Å²) in [5, 5.41) is 18.2. The van der Waals surface area contributed by atoms with Crippen LogP contribution in [0.3, 0.4) is 0 Å². The molecule has 2 aliphatic heterocycles. The van der Waals surface area contributed by atoms with Gasteiger partial charge < -0.3 is 5.11 Å². The number of aromatic nitrogens is 2. The molecule has 0 radical (unpaired) electrons. The van der Waals surface area contributed by atoms with Gasteiger partial charge in [0.1, 0.15) is 0 Å². The van der Waals surface area contributed by atoms with Gasteiger partial charge in [-0.15, -0.1) is 0 Å². The van der Waals surface area contributed by atoms with Gasteiger partial charge in [0, 0.05) is 29.2 Å². The molecule has 0 amide bonds. The summed E-state index contributed by atoms with van der Waals surface area (Å²) in [6, 6.07) is 8.89. The summed E-state index contributed by atoms with van der Waals surface area (Å²) in [4.78, 5) is 2.58. The largest absolute Gasteiger partial charge is 0.393 e. The van der Waals surface area contributed by atoms with Crippen molar-refractivity contribution >= 4 is 11.6 Å². The van der Waals surface area contributed by atoms with Crippen LogP contribution >= 0.6 is 11.6 Å². The summed E-state index contributed by atoms with van der Waals surface area (Å²) < 4.78 is 0. The molecule has 1 aromatic heterocycles. The van der Waals surface area contributed by atoms with Crippen LogP contribution in [0.4, 0.5) is 0 Å². The molecule has 4 rings (SSSR count). The summed E-state index contributed by atoms with van der Waals surface area (Å²) in [5.41, 5.74) is 3.41. The van der Waals surface area contributed by atoms with Gasteiger partial charge in [0.2, 0.25) is 0 Å². The molecule has 0 aliphatic carbocycles. The number of hydrogen-bond donors (Lipinski definition) is 2. The minimum absolute atomic E-state index is 0.123. The van der Waals surface area contributed by atoms with Gasteiger partial charge in [0.05, 0.1) is 18.0 Å². The molecule has 3 heterocycles. The number of halogens is 1. The Kier molecular flexibility index (Phi) is 4.14. The maximum absolute atomic E-state index is 10.1. The Labute approximate surface area is 141 Å². The number of H-pyrrole nitrogens is 1. The first-order valence-corrected chi connectivity index (χ1v) is 8.80. The molecular weight excluding hydrogens is 310 g/mol. The quantitative estimate of drug-likeness (QED) is 0.903. The van der Waals surface area contributed by atoms with E-state index in [1.54, 1.807) is 0 Å². The van der Waals surface area contributed by atoms with Gasteiger partial charge in [-0.2, -0.15) is 5.10 Å². The zero-order chi connectivity index (χ0) is 15.8. The van der Waals surface area contributed by atoms with Crippen molar-refractivity contribution < 1.29 is 5.11 Å². The lowest BCUT2D eigenvalue weighted by atomic mass is 9.82. The first-order valence-electron chi connectivity index (χ1n) is 8.42. The van der Waals surface area contributed by atoms with Gasteiger partial charge in [-0.05, 0) is 43.4 Å². The number of benzene rings is 1. The van der Waals surface area contributed by atoms with E-state index in [9.17, 15) is 5.11 Å². The van der Waals surface area contributed by atoms with Gasteiger partial charge in [-0.3, -0.25) is 10.00 Å². The summed E-state index contributed by atoms with van der Waals surface area (Å²) in [6.07, 6.45) is 7.30. The molecule has 0 saturated carbocycles. The standard InChI is InChI=1S/C18H22ClN3O/c19-14-6-4-12(5-7-14)18-13(10-20-21-18)11-22-15-2-1-3-16(22)9-17(23)8-15/h4-7,10,15-17,23H,1-3,8-9,11H2,(H,20,21)/t15-,16+,17?. The van der Waals surface area contributed by atoms with Gasteiger partial charge in [0.15, 0.2) is 0 Å². The lowest BCUT2D eigenvalue weighted by Crippen LogP contribution is -2.52. The Hall–Kier alpha value is -1.36. The second-order valence-electron chi connectivity index (χ2n) is 6.81. The van der Waals surface area contributed by atoms with E-state index in [2.05, 4.69) is 15.1 Å². The van der Waals surface area contributed by atoms with Gasteiger partial charge >= 0.3 is 0 Å². The number of aromatic amines is 1. The van der Waals surface area contributed by atoms with Crippen LogP contribution < -0.4 is 0 Å². The third-order valence-corrected chi connectivity index (χ3v) is 5.56. The number of rotatable bonds is 3. The maximum atomic E-state index is 10.1. The lowest BCUT2D eigenvalue weighted by molar-refractivity contribution is -0.0311. The molecule has 5 heteroatoms. The normalized spacial score (nSPS) is 28.0. The second kappa shape index (κ2) is 6.27. The number of nitrogens with zero attached hydrogens (tertiary/aromatic N) is 2. The molecular formula is C18H22ClN3O. The van der Waals surface area contributed by atoms with Gasteiger partial charge in [0.25, 0.3) is 0 Å². The van der Waals surface area contributed by atoms with Gasteiger partial charge in [-0.1, -0.05) is 30.2 Å². The van der Waals surface area contributed by atoms with Crippen molar-refractivity contribution in [2.45, 2.75) is 56.8 Å².